The first kappa shape index (κ1) is 10.7. The van der Waals surface area contributed by atoms with Crippen molar-refractivity contribution in [2.24, 2.45) is 0 Å². The fourth-order valence-electron chi connectivity index (χ4n) is 2.23. The van der Waals surface area contributed by atoms with Crippen LogP contribution in [0.5, 0.6) is 0 Å². The predicted octanol–water partition coefficient (Wildman–Crippen LogP) is 4.25. The lowest BCUT2D eigenvalue weighted by molar-refractivity contribution is 0.953. The lowest BCUT2D eigenvalue weighted by Gasteiger charge is -2.26. The van der Waals surface area contributed by atoms with Gasteiger partial charge in [0, 0.05) is 17.1 Å². The predicted molar refractivity (Wildman–Crippen MR) is 74.7 cm³/mol. The van der Waals surface area contributed by atoms with Crippen LogP contribution in [0.25, 0.3) is 0 Å². The molecule has 3 rings (SSSR count). The molecule has 0 radical (unpaired) electrons. The van der Waals surface area contributed by atoms with Gasteiger partial charge in [-0.25, -0.2) is 0 Å². The number of anilines is 1. The molecule has 86 valence electrons. The van der Waals surface area contributed by atoms with Crippen LogP contribution in [0.4, 0.5) is 5.69 Å². The second-order valence-corrected chi connectivity index (χ2v) is 5.58. The van der Waals surface area contributed by atoms with Crippen molar-refractivity contribution >= 4 is 17.4 Å². The molecule has 1 aliphatic heterocycles. The first-order chi connectivity index (χ1) is 8.34. The van der Waals surface area contributed by atoms with Crippen molar-refractivity contribution in [3.8, 4) is 0 Å². The zero-order valence-electron chi connectivity index (χ0n) is 9.81. The first-order valence-corrected chi connectivity index (χ1v) is 6.77. The highest BCUT2D eigenvalue weighted by Crippen LogP contribution is 2.43. The minimum atomic E-state index is 0.520. The Bertz CT molecular complexity index is 536. The lowest BCUT2D eigenvalue weighted by Crippen LogP contribution is -2.15. The molecule has 1 N–H and O–H groups in total. The number of fused-ring (bicyclic) bond motifs is 1. The fraction of sp³-hybridized carbons (Fsp3) is 0.200. The van der Waals surface area contributed by atoms with Gasteiger partial charge in [0.1, 0.15) is 0 Å². The largest absolute Gasteiger partial charge is 0.383 e. The monoisotopic (exact) mass is 241 g/mol. The number of rotatable bonds is 1. The molecule has 0 saturated carbocycles. The van der Waals surface area contributed by atoms with Gasteiger partial charge in [-0.1, -0.05) is 36.4 Å². The van der Waals surface area contributed by atoms with Gasteiger partial charge in [-0.15, -0.1) is 11.8 Å². The molecule has 0 fully saturated rings. The zero-order chi connectivity index (χ0) is 11.7. The average molecular weight is 241 g/mol. The van der Waals surface area contributed by atoms with Crippen LogP contribution in [0, 0.1) is 6.92 Å². The average Bonchev–Trinajstić information content (AvgIpc) is 2.39. The Kier molecular flexibility index (Phi) is 2.81. The highest BCUT2D eigenvalue weighted by Gasteiger charge is 2.20. The second-order valence-electron chi connectivity index (χ2n) is 4.34. The molecule has 2 heteroatoms. The molecule has 1 atom stereocenters. The highest BCUT2D eigenvalue weighted by molar-refractivity contribution is 7.99. The van der Waals surface area contributed by atoms with E-state index in [9.17, 15) is 0 Å². The van der Waals surface area contributed by atoms with Crippen molar-refractivity contribution in [2.45, 2.75) is 17.1 Å². The molecule has 17 heavy (non-hydrogen) atoms. The summed E-state index contributed by atoms with van der Waals surface area (Å²) < 4.78 is 0. The van der Waals surface area contributed by atoms with E-state index in [-0.39, 0.29) is 0 Å². The number of benzene rings is 2. The third-order valence-electron chi connectivity index (χ3n) is 3.17. The van der Waals surface area contributed by atoms with Crippen LogP contribution < -0.4 is 5.32 Å². The summed E-state index contributed by atoms with van der Waals surface area (Å²) in [6.45, 7) is 3.20. The van der Waals surface area contributed by atoms with E-state index in [1.54, 1.807) is 0 Å². The Morgan fingerprint density at radius 2 is 1.82 bits per heavy atom. The zero-order valence-corrected chi connectivity index (χ0v) is 10.6. The summed E-state index contributed by atoms with van der Waals surface area (Å²) >= 11 is 1.96. The molecule has 0 aromatic heterocycles. The maximum Gasteiger partial charge on any atom is 0.0520 e. The van der Waals surface area contributed by atoms with E-state index in [1.165, 1.54) is 21.7 Å². The number of aryl methyl sites for hydroxylation is 1. The lowest BCUT2D eigenvalue weighted by atomic mass is 10.1. The summed E-state index contributed by atoms with van der Waals surface area (Å²) in [6.07, 6.45) is 0. The maximum atomic E-state index is 3.52. The van der Waals surface area contributed by atoms with E-state index in [1.807, 2.05) is 11.8 Å². The van der Waals surface area contributed by atoms with E-state index in [2.05, 4.69) is 60.8 Å². The molecule has 1 heterocycles. The third-order valence-corrected chi connectivity index (χ3v) is 4.48. The molecule has 0 saturated heterocycles. The van der Waals surface area contributed by atoms with Crippen molar-refractivity contribution < 1.29 is 0 Å². The topological polar surface area (TPSA) is 12.0 Å². The highest BCUT2D eigenvalue weighted by atomic mass is 32.2. The van der Waals surface area contributed by atoms with Crippen LogP contribution in [-0.2, 0) is 0 Å². The molecular weight excluding hydrogens is 226 g/mol. The van der Waals surface area contributed by atoms with Crippen molar-refractivity contribution in [3.63, 3.8) is 0 Å². The van der Waals surface area contributed by atoms with Gasteiger partial charge >= 0.3 is 0 Å². The number of thioether (sulfide) groups is 1. The molecule has 0 bridgehead atoms. The summed E-state index contributed by atoms with van der Waals surface area (Å²) in [5.41, 5.74) is 4.09. The van der Waals surface area contributed by atoms with Gasteiger partial charge in [0.05, 0.1) is 5.25 Å². The van der Waals surface area contributed by atoms with Gasteiger partial charge in [-0.05, 0) is 30.2 Å². The fourth-order valence-corrected chi connectivity index (χ4v) is 3.52. The van der Waals surface area contributed by atoms with E-state index >= 15 is 0 Å². The summed E-state index contributed by atoms with van der Waals surface area (Å²) in [6, 6.07) is 17.2. The Morgan fingerprint density at radius 1 is 1.06 bits per heavy atom. The van der Waals surface area contributed by atoms with Gasteiger partial charge in [0.25, 0.3) is 0 Å². The standard InChI is InChI=1S/C15H15NS/c1-11-6-2-3-7-12(11)15-10-16-13-8-4-5-9-14(13)17-15/h2-9,15-16H,10H2,1H3. The van der Waals surface area contributed by atoms with Crippen LogP contribution in [0.2, 0.25) is 0 Å². The van der Waals surface area contributed by atoms with E-state index in [4.69, 9.17) is 0 Å². The Hall–Kier alpha value is -1.41. The Morgan fingerprint density at radius 3 is 2.71 bits per heavy atom. The minimum Gasteiger partial charge on any atom is -0.383 e. The smallest absolute Gasteiger partial charge is 0.0520 e. The van der Waals surface area contributed by atoms with Crippen LogP contribution in [0.15, 0.2) is 53.4 Å². The molecule has 1 nitrogen and oxygen atoms in total. The summed E-state index contributed by atoms with van der Waals surface area (Å²) in [5.74, 6) is 0. The third kappa shape index (κ3) is 2.05. The molecule has 2 aromatic rings. The molecule has 2 aromatic carbocycles. The van der Waals surface area contributed by atoms with Crippen LogP contribution >= 0.6 is 11.8 Å². The van der Waals surface area contributed by atoms with Gasteiger partial charge in [-0.2, -0.15) is 0 Å². The van der Waals surface area contributed by atoms with Gasteiger partial charge in [-0.3, -0.25) is 0 Å². The van der Waals surface area contributed by atoms with E-state index in [0.29, 0.717) is 5.25 Å². The van der Waals surface area contributed by atoms with Crippen molar-refractivity contribution in [1.29, 1.82) is 0 Å². The SMILES string of the molecule is Cc1ccccc1C1CNc2ccccc2S1. The first-order valence-electron chi connectivity index (χ1n) is 5.90. The summed E-state index contributed by atoms with van der Waals surface area (Å²) in [4.78, 5) is 1.35. The Labute approximate surface area is 106 Å². The molecule has 0 amide bonds. The summed E-state index contributed by atoms with van der Waals surface area (Å²) in [7, 11) is 0. The van der Waals surface area contributed by atoms with E-state index in [0.717, 1.165) is 6.54 Å². The molecule has 1 aliphatic rings. The van der Waals surface area contributed by atoms with Crippen molar-refractivity contribution in [1.82, 2.24) is 0 Å². The van der Waals surface area contributed by atoms with Gasteiger partial charge in [0.2, 0.25) is 0 Å². The molecule has 0 aliphatic carbocycles. The number of hydrogen-bond acceptors (Lipinski definition) is 2. The van der Waals surface area contributed by atoms with Gasteiger partial charge in [0.15, 0.2) is 0 Å². The quantitative estimate of drug-likeness (QED) is 0.801. The maximum absolute atomic E-state index is 3.52. The molecule has 0 spiro atoms. The summed E-state index contributed by atoms with van der Waals surface area (Å²) in [5, 5.41) is 4.04. The minimum absolute atomic E-state index is 0.520. The van der Waals surface area contributed by atoms with Crippen molar-refractivity contribution in [3.05, 3.63) is 59.7 Å². The van der Waals surface area contributed by atoms with Crippen LogP contribution in [0.3, 0.4) is 0 Å². The Balaban J connectivity index is 1.92. The van der Waals surface area contributed by atoms with Gasteiger partial charge < -0.3 is 5.32 Å². The number of nitrogens with one attached hydrogen (secondary N) is 1. The second kappa shape index (κ2) is 4.46. The van der Waals surface area contributed by atoms with Crippen LogP contribution in [0.1, 0.15) is 16.4 Å². The van der Waals surface area contributed by atoms with E-state index < -0.39 is 0 Å². The van der Waals surface area contributed by atoms with Crippen molar-refractivity contribution in [2.75, 3.05) is 11.9 Å². The number of para-hydroxylation sites is 1. The number of hydrogen-bond donors (Lipinski definition) is 1. The normalized spacial score (nSPS) is 18.3. The molecule has 1 unspecified atom stereocenters. The molecular formula is C15H15NS. The van der Waals surface area contributed by atoms with Crippen LogP contribution in [-0.4, -0.2) is 6.54 Å².